The van der Waals surface area contributed by atoms with Crippen molar-refractivity contribution in [2.45, 2.75) is 25.9 Å². The normalized spacial score (nSPS) is 18.9. The second-order valence-corrected chi connectivity index (χ2v) is 4.76. The molecule has 0 aliphatic carbocycles. The lowest BCUT2D eigenvalue weighted by Gasteiger charge is -2.21. The van der Waals surface area contributed by atoms with Crippen LogP contribution in [0.3, 0.4) is 0 Å². The summed E-state index contributed by atoms with van der Waals surface area (Å²) in [5, 5.41) is 4.08. The van der Waals surface area contributed by atoms with E-state index in [-0.39, 0.29) is 6.10 Å². The molecular formula is C12H14Cl2N2O. The van der Waals surface area contributed by atoms with Crippen molar-refractivity contribution in [2.24, 2.45) is 0 Å². The van der Waals surface area contributed by atoms with Gasteiger partial charge in [0, 0.05) is 0 Å². The molecule has 0 amide bonds. The molecule has 1 N–H and O–H groups in total. The van der Waals surface area contributed by atoms with Gasteiger partial charge < -0.3 is 10.1 Å². The molecule has 0 bridgehead atoms. The number of nitrogens with one attached hydrogen (secondary N) is 1. The standard InChI is InChI=1S/C12H14Cl2N2O/c1-8-6-10(13)16-12(14)11(8)15-7-9-4-2-3-5-17-9/h3,5-6,9,15H,2,4,7H2,1H3. The lowest BCUT2D eigenvalue weighted by molar-refractivity contribution is 0.135. The van der Waals surface area contributed by atoms with Crippen LogP contribution in [0.25, 0.3) is 0 Å². The molecule has 2 rings (SSSR count). The molecule has 0 saturated carbocycles. The predicted molar refractivity (Wildman–Crippen MR) is 70.7 cm³/mol. The molecule has 1 aromatic heterocycles. The topological polar surface area (TPSA) is 34.2 Å². The van der Waals surface area contributed by atoms with E-state index in [0.717, 1.165) is 24.1 Å². The fourth-order valence-electron chi connectivity index (χ4n) is 1.76. The van der Waals surface area contributed by atoms with Gasteiger partial charge in [-0.1, -0.05) is 23.2 Å². The average Bonchev–Trinajstić information content (AvgIpc) is 2.29. The minimum absolute atomic E-state index is 0.186. The second-order valence-electron chi connectivity index (χ2n) is 4.02. The van der Waals surface area contributed by atoms with Crippen molar-refractivity contribution in [3.63, 3.8) is 0 Å². The summed E-state index contributed by atoms with van der Waals surface area (Å²) in [7, 11) is 0. The van der Waals surface area contributed by atoms with Crippen LogP contribution in [0.15, 0.2) is 18.4 Å². The molecule has 17 heavy (non-hydrogen) atoms. The van der Waals surface area contributed by atoms with Crippen LogP contribution < -0.4 is 5.32 Å². The van der Waals surface area contributed by atoms with Gasteiger partial charge in [-0.15, -0.1) is 0 Å². The summed E-state index contributed by atoms with van der Waals surface area (Å²) in [4.78, 5) is 4.01. The molecule has 2 heterocycles. The molecule has 1 aromatic rings. The van der Waals surface area contributed by atoms with Crippen LogP contribution in [0.5, 0.6) is 0 Å². The summed E-state index contributed by atoms with van der Waals surface area (Å²) < 4.78 is 5.47. The van der Waals surface area contributed by atoms with Gasteiger partial charge in [0.15, 0.2) is 5.15 Å². The predicted octanol–water partition coefficient (Wildman–Crippen LogP) is 3.80. The lowest BCUT2D eigenvalue weighted by Crippen LogP contribution is -2.23. The summed E-state index contributed by atoms with van der Waals surface area (Å²) in [6, 6.07) is 1.79. The zero-order valence-corrected chi connectivity index (χ0v) is 11.1. The van der Waals surface area contributed by atoms with Crippen molar-refractivity contribution >= 4 is 28.9 Å². The Balaban J connectivity index is 2.01. The Labute approximate surface area is 111 Å². The highest BCUT2D eigenvalue weighted by molar-refractivity contribution is 6.34. The molecule has 0 spiro atoms. The van der Waals surface area contributed by atoms with Gasteiger partial charge in [0.05, 0.1) is 18.5 Å². The highest BCUT2D eigenvalue weighted by Crippen LogP contribution is 2.26. The van der Waals surface area contributed by atoms with Crippen molar-refractivity contribution in [1.29, 1.82) is 0 Å². The zero-order chi connectivity index (χ0) is 12.3. The Morgan fingerprint density at radius 2 is 2.35 bits per heavy atom. The van der Waals surface area contributed by atoms with Crippen LogP contribution in [0.2, 0.25) is 10.3 Å². The van der Waals surface area contributed by atoms with Gasteiger partial charge in [-0.25, -0.2) is 4.98 Å². The van der Waals surface area contributed by atoms with Crippen LogP contribution in [0, 0.1) is 6.92 Å². The Morgan fingerprint density at radius 1 is 1.53 bits per heavy atom. The highest BCUT2D eigenvalue weighted by atomic mass is 35.5. The minimum Gasteiger partial charge on any atom is -0.497 e. The second kappa shape index (κ2) is 5.61. The number of aryl methyl sites for hydroxylation is 1. The summed E-state index contributed by atoms with van der Waals surface area (Å²) in [5.41, 5.74) is 1.82. The number of pyridine rings is 1. The number of halogens is 2. The summed E-state index contributed by atoms with van der Waals surface area (Å²) >= 11 is 11.9. The lowest BCUT2D eigenvalue weighted by atomic mass is 10.1. The van der Waals surface area contributed by atoms with Gasteiger partial charge in [0.25, 0.3) is 0 Å². The number of aromatic nitrogens is 1. The van der Waals surface area contributed by atoms with Crippen LogP contribution in [-0.2, 0) is 4.74 Å². The SMILES string of the molecule is Cc1cc(Cl)nc(Cl)c1NCC1CCC=CO1. The molecule has 92 valence electrons. The summed E-state index contributed by atoms with van der Waals surface area (Å²) in [6.45, 7) is 2.66. The Morgan fingerprint density at radius 3 is 3.00 bits per heavy atom. The third kappa shape index (κ3) is 3.27. The van der Waals surface area contributed by atoms with E-state index in [1.165, 1.54) is 0 Å². The molecule has 0 radical (unpaired) electrons. The summed E-state index contributed by atoms with van der Waals surface area (Å²) in [5.74, 6) is 0. The number of nitrogens with zero attached hydrogens (tertiary/aromatic N) is 1. The number of ether oxygens (including phenoxy) is 1. The van der Waals surface area contributed by atoms with Crippen molar-refractivity contribution in [3.8, 4) is 0 Å². The first-order chi connectivity index (χ1) is 8.16. The van der Waals surface area contributed by atoms with Crippen LogP contribution in [0.4, 0.5) is 5.69 Å². The maximum absolute atomic E-state index is 6.04. The smallest absolute Gasteiger partial charge is 0.154 e. The first kappa shape index (κ1) is 12.5. The molecule has 0 saturated heterocycles. The van der Waals surface area contributed by atoms with E-state index >= 15 is 0 Å². The van der Waals surface area contributed by atoms with Crippen molar-refractivity contribution in [3.05, 3.63) is 34.3 Å². The maximum Gasteiger partial charge on any atom is 0.154 e. The van der Waals surface area contributed by atoms with E-state index in [1.54, 1.807) is 12.3 Å². The number of allylic oxidation sites excluding steroid dienone is 1. The number of hydrogen-bond donors (Lipinski definition) is 1. The largest absolute Gasteiger partial charge is 0.497 e. The quantitative estimate of drug-likeness (QED) is 0.850. The fourth-order valence-corrected chi connectivity index (χ4v) is 2.36. The van der Waals surface area contributed by atoms with Crippen LogP contribution >= 0.6 is 23.2 Å². The van der Waals surface area contributed by atoms with E-state index in [0.29, 0.717) is 16.9 Å². The maximum atomic E-state index is 6.04. The zero-order valence-electron chi connectivity index (χ0n) is 9.54. The minimum atomic E-state index is 0.186. The number of anilines is 1. The van der Waals surface area contributed by atoms with Crippen molar-refractivity contribution in [2.75, 3.05) is 11.9 Å². The molecule has 0 fully saturated rings. The van der Waals surface area contributed by atoms with Crippen molar-refractivity contribution in [1.82, 2.24) is 4.98 Å². The molecular weight excluding hydrogens is 259 g/mol. The first-order valence-corrected chi connectivity index (χ1v) is 6.29. The molecule has 1 atom stereocenters. The Hall–Kier alpha value is -0.930. The monoisotopic (exact) mass is 272 g/mol. The van der Waals surface area contributed by atoms with Gasteiger partial charge >= 0.3 is 0 Å². The number of rotatable bonds is 3. The molecule has 1 aliphatic heterocycles. The van der Waals surface area contributed by atoms with Crippen LogP contribution in [0.1, 0.15) is 18.4 Å². The highest BCUT2D eigenvalue weighted by Gasteiger charge is 2.13. The van der Waals surface area contributed by atoms with Gasteiger partial charge in [0.1, 0.15) is 11.3 Å². The van der Waals surface area contributed by atoms with Gasteiger partial charge in [0.2, 0.25) is 0 Å². The number of hydrogen-bond acceptors (Lipinski definition) is 3. The van der Waals surface area contributed by atoms with Gasteiger partial charge in [-0.3, -0.25) is 0 Å². The van der Waals surface area contributed by atoms with E-state index in [4.69, 9.17) is 27.9 Å². The molecule has 0 aromatic carbocycles. The van der Waals surface area contributed by atoms with E-state index in [1.807, 2.05) is 13.0 Å². The van der Waals surface area contributed by atoms with E-state index in [2.05, 4.69) is 10.3 Å². The Kier molecular flexibility index (Phi) is 4.13. The molecule has 3 nitrogen and oxygen atoms in total. The molecule has 1 unspecified atom stereocenters. The van der Waals surface area contributed by atoms with Crippen LogP contribution in [-0.4, -0.2) is 17.6 Å². The average molecular weight is 273 g/mol. The van der Waals surface area contributed by atoms with Crippen molar-refractivity contribution < 1.29 is 4.74 Å². The fraction of sp³-hybridized carbons (Fsp3) is 0.417. The van der Waals surface area contributed by atoms with E-state index < -0.39 is 0 Å². The third-order valence-electron chi connectivity index (χ3n) is 2.67. The molecule has 1 aliphatic rings. The molecule has 5 heteroatoms. The summed E-state index contributed by atoms with van der Waals surface area (Å²) in [6.07, 6.45) is 6.04. The third-order valence-corrected chi connectivity index (χ3v) is 3.14. The Bertz CT molecular complexity index is 412. The van der Waals surface area contributed by atoms with Gasteiger partial charge in [-0.05, 0) is 37.5 Å². The van der Waals surface area contributed by atoms with E-state index in [9.17, 15) is 0 Å². The first-order valence-electron chi connectivity index (χ1n) is 5.54. The van der Waals surface area contributed by atoms with Gasteiger partial charge in [-0.2, -0.15) is 0 Å².